The molecule has 4 heteroatoms. The lowest BCUT2D eigenvalue weighted by atomic mass is 9.93. The van der Waals surface area contributed by atoms with E-state index in [1.807, 2.05) is 32.0 Å². The molecule has 0 heterocycles. The average molecular weight is 382 g/mol. The van der Waals surface area contributed by atoms with Crippen molar-refractivity contribution in [3.8, 4) is 11.5 Å². The highest BCUT2D eigenvalue weighted by Crippen LogP contribution is 2.32. The molecule has 0 saturated carbocycles. The summed E-state index contributed by atoms with van der Waals surface area (Å²) in [5.74, 6) is 1.87. The molecule has 0 fully saturated rings. The van der Waals surface area contributed by atoms with E-state index >= 15 is 0 Å². The minimum atomic E-state index is -0.124. The van der Waals surface area contributed by atoms with Crippen LogP contribution in [-0.4, -0.2) is 20.1 Å². The van der Waals surface area contributed by atoms with Crippen molar-refractivity contribution in [2.24, 2.45) is 0 Å². The van der Waals surface area contributed by atoms with Crippen molar-refractivity contribution in [2.75, 3.05) is 14.2 Å². The zero-order chi connectivity index (χ0) is 20.8. The van der Waals surface area contributed by atoms with Gasteiger partial charge in [0.2, 0.25) is 0 Å². The van der Waals surface area contributed by atoms with Crippen LogP contribution in [0.15, 0.2) is 43.0 Å². The molecule has 0 unspecified atom stereocenters. The van der Waals surface area contributed by atoms with Crippen LogP contribution in [0.3, 0.4) is 0 Å². The summed E-state index contributed by atoms with van der Waals surface area (Å²) in [6.07, 6.45) is 2.45. The molecule has 1 N–H and O–H groups in total. The van der Waals surface area contributed by atoms with Crippen LogP contribution in [-0.2, 0) is 6.42 Å². The molecule has 0 spiro atoms. The first kappa shape index (κ1) is 21.5. The number of carbonyl (C=O) groups excluding carboxylic acids is 1. The molecule has 0 radical (unpaired) electrons. The number of hydrogen-bond donors (Lipinski definition) is 1. The molecule has 0 aliphatic carbocycles. The van der Waals surface area contributed by atoms with Crippen LogP contribution in [0.5, 0.6) is 11.5 Å². The Balaban J connectivity index is 2.28. The Bertz CT molecular complexity index is 855. The number of hydrogen-bond acceptors (Lipinski definition) is 3. The summed E-state index contributed by atoms with van der Waals surface area (Å²) in [4.78, 5) is 12.8. The maximum Gasteiger partial charge on any atom is 0.251 e. The van der Waals surface area contributed by atoms with Gasteiger partial charge in [-0.1, -0.05) is 19.9 Å². The molecule has 2 rings (SSSR count). The van der Waals surface area contributed by atoms with Gasteiger partial charge in [-0.05, 0) is 78.8 Å². The molecule has 28 heavy (non-hydrogen) atoms. The molecule has 1 amide bonds. The van der Waals surface area contributed by atoms with Crippen LogP contribution in [0.2, 0.25) is 0 Å². The van der Waals surface area contributed by atoms with Gasteiger partial charge in [0.05, 0.1) is 20.3 Å². The standard InChI is InChI=1S/C24H31NO3/c1-8-9-18-13-19(10-11-22(18)27-6)24(26)25-17(5)21-14-20(15(2)3)23(28-7)12-16(21)4/h8,10-15,17H,1,9H2,2-7H3,(H,25,26)/t17-/m0/s1. The number of carbonyl (C=O) groups is 1. The van der Waals surface area contributed by atoms with Crippen LogP contribution in [0.1, 0.15) is 65.3 Å². The van der Waals surface area contributed by atoms with Crippen molar-refractivity contribution in [3.05, 3.63) is 70.8 Å². The Morgan fingerprint density at radius 3 is 2.32 bits per heavy atom. The van der Waals surface area contributed by atoms with E-state index in [1.165, 1.54) is 0 Å². The molecule has 4 nitrogen and oxygen atoms in total. The predicted molar refractivity (Wildman–Crippen MR) is 115 cm³/mol. The van der Waals surface area contributed by atoms with Gasteiger partial charge in [-0.3, -0.25) is 4.79 Å². The number of aryl methyl sites for hydroxylation is 1. The maximum atomic E-state index is 12.8. The van der Waals surface area contributed by atoms with Crippen LogP contribution in [0.25, 0.3) is 0 Å². The number of nitrogens with one attached hydrogen (secondary N) is 1. The lowest BCUT2D eigenvalue weighted by molar-refractivity contribution is 0.0939. The normalized spacial score (nSPS) is 11.8. The predicted octanol–water partition coefficient (Wildman–Crippen LogP) is 5.36. The first-order valence-electron chi connectivity index (χ1n) is 9.59. The van der Waals surface area contributed by atoms with Gasteiger partial charge in [0.1, 0.15) is 11.5 Å². The molecule has 150 valence electrons. The van der Waals surface area contributed by atoms with Crippen molar-refractivity contribution in [2.45, 2.75) is 46.1 Å². The zero-order valence-electron chi connectivity index (χ0n) is 17.8. The number of rotatable bonds is 8. The quantitative estimate of drug-likeness (QED) is 0.627. The third kappa shape index (κ3) is 4.75. The number of benzene rings is 2. The molecular weight excluding hydrogens is 350 g/mol. The van der Waals surface area contributed by atoms with Crippen molar-refractivity contribution in [1.82, 2.24) is 5.32 Å². The van der Waals surface area contributed by atoms with Crippen LogP contribution >= 0.6 is 0 Å². The van der Waals surface area contributed by atoms with E-state index in [4.69, 9.17) is 9.47 Å². The molecule has 1 atom stereocenters. The molecule has 2 aromatic carbocycles. The smallest absolute Gasteiger partial charge is 0.251 e. The third-order valence-electron chi connectivity index (χ3n) is 4.96. The summed E-state index contributed by atoms with van der Waals surface area (Å²) in [6, 6.07) is 9.54. The van der Waals surface area contributed by atoms with Gasteiger partial charge in [-0.25, -0.2) is 0 Å². The minimum Gasteiger partial charge on any atom is -0.496 e. The Labute approximate surface area is 168 Å². The molecule has 0 aromatic heterocycles. The molecule has 0 aliphatic rings. The van der Waals surface area contributed by atoms with Gasteiger partial charge in [-0.2, -0.15) is 0 Å². The Kier molecular flexibility index (Phi) is 7.27. The van der Waals surface area contributed by atoms with Crippen molar-refractivity contribution in [3.63, 3.8) is 0 Å². The van der Waals surface area contributed by atoms with Gasteiger partial charge in [0.15, 0.2) is 0 Å². The van der Waals surface area contributed by atoms with Gasteiger partial charge in [-0.15, -0.1) is 6.58 Å². The molecule has 2 aromatic rings. The van der Waals surface area contributed by atoms with Crippen LogP contribution < -0.4 is 14.8 Å². The van der Waals surface area contributed by atoms with E-state index in [1.54, 1.807) is 26.4 Å². The number of allylic oxidation sites excluding steroid dienone is 1. The minimum absolute atomic E-state index is 0.109. The van der Waals surface area contributed by atoms with Crippen LogP contribution in [0, 0.1) is 6.92 Å². The number of amides is 1. The Hall–Kier alpha value is -2.75. The third-order valence-corrected chi connectivity index (χ3v) is 4.96. The first-order valence-corrected chi connectivity index (χ1v) is 9.59. The fourth-order valence-corrected chi connectivity index (χ4v) is 3.40. The SMILES string of the molecule is C=CCc1cc(C(=O)N[C@@H](C)c2cc(C(C)C)c(OC)cc2C)ccc1OC. The van der Waals surface area contributed by atoms with Gasteiger partial charge in [0, 0.05) is 5.56 Å². The van der Waals surface area contributed by atoms with Gasteiger partial charge < -0.3 is 14.8 Å². The highest BCUT2D eigenvalue weighted by atomic mass is 16.5. The number of ether oxygens (including phenoxy) is 2. The highest BCUT2D eigenvalue weighted by Gasteiger charge is 2.18. The Morgan fingerprint density at radius 2 is 1.75 bits per heavy atom. The highest BCUT2D eigenvalue weighted by molar-refractivity contribution is 5.94. The lowest BCUT2D eigenvalue weighted by Gasteiger charge is -2.21. The second-order valence-electron chi connectivity index (χ2n) is 7.32. The first-order chi connectivity index (χ1) is 13.3. The summed E-state index contributed by atoms with van der Waals surface area (Å²) in [5, 5.41) is 3.12. The maximum absolute atomic E-state index is 12.8. The van der Waals surface area contributed by atoms with E-state index in [9.17, 15) is 4.79 Å². The number of methoxy groups -OCH3 is 2. The van der Waals surface area contributed by atoms with Gasteiger partial charge in [0.25, 0.3) is 5.91 Å². The second kappa shape index (κ2) is 9.45. The summed E-state index contributed by atoms with van der Waals surface area (Å²) < 4.78 is 10.9. The van der Waals surface area contributed by atoms with Gasteiger partial charge >= 0.3 is 0 Å². The lowest BCUT2D eigenvalue weighted by Crippen LogP contribution is -2.27. The largest absolute Gasteiger partial charge is 0.496 e. The van der Waals surface area contributed by atoms with Crippen molar-refractivity contribution in [1.29, 1.82) is 0 Å². The second-order valence-corrected chi connectivity index (χ2v) is 7.32. The summed E-state index contributed by atoms with van der Waals surface area (Å²) in [6.45, 7) is 12.1. The van der Waals surface area contributed by atoms with Crippen molar-refractivity contribution >= 4 is 5.91 Å². The Morgan fingerprint density at radius 1 is 1.07 bits per heavy atom. The van der Waals surface area contributed by atoms with E-state index < -0.39 is 0 Å². The summed E-state index contributed by atoms with van der Waals surface area (Å²) in [5.41, 5.74) is 4.89. The monoisotopic (exact) mass is 381 g/mol. The van der Waals surface area contributed by atoms with E-state index in [0.717, 1.165) is 33.8 Å². The average Bonchev–Trinajstić information content (AvgIpc) is 2.67. The van der Waals surface area contributed by atoms with Crippen molar-refractivity contribution < 1.29 is 14.3 Å². The van der Waals surface area contributed by atoms with E-state index in [-0.39, 0.29) is 11.9 Å². The molecule has 0 aliphatic heterocycles. The fraction of sp³-hybridized carbons (Fsp3) is 0.375. The molecule has 0 bridgehead atoms. The molecular formula is C24H31NO3. The topological polar surface area (TPSA) is 47.6 Å². The summed E-state index contributed by atoms with van der Waals surface area (Å²) >= 11 is 0. The van der Waals surface area contributed by atoms with E-state index in [0.29, 0.717) is 17.9 Å². The van der Waals surface area contributed by atoms with E-state index in [2.05, 4.69) is 31.8 Å². The summed E-state index contributed by atoms with van der Waals surface area (Å²) in [7, 11) is 3.32. The molecule has 0 saturated heterocycles. The zero-order valence-corrected chi connectivity index (χ0v) is 17.8. The van der Waals surface area contributed by atoms with Crippen LogP contribution in [0.4, 0.5) is 0 Å². The fourth-order valence-electron chi connectivity index (χ4n) is 3.40.